The molecule has 4 nitrogen and oxygen atoms in total. The zero-order chi connectivity index (χ0) is 17.5. The second-order valence-corrected chi connectivity index (χ2v) is 8.89. The molecule has 0 bridgehead atoms. The van der Waals surface area contributed by atoms with E-state index in [1.165, 1.54) is 6.07 Å². The highest BCUT2D eigenvalue weighted by molar-refractivity contribution is 9.10. The van der Waals surface area contributed by atoms with E-state index in [9.17, 15) is 17.6 Å². The average Bonchev–Trinajstić information content (AvgIpc) is 3.30. The van der Waals surface area contributed by atoms with E-state index in [0.717, 1.165) is 28.4 Å². The van der Waals surface area contributed by atoms with Crippen LogP contribution in [0.5, 0.6) is 0 Å². The molecule has 0 heterocycles. The molecule has 1 aliphatic carbocycles. The van der Waals surface area contributed by atoms with Crippen LogP contribution in [0.15, 0.2) is 51.8 Å². The standard InChI is InChI=1S/C17H15BrFNO3S/c1-24(22,23)13-5-6-14(19)15(10-13)20-16(21)17(7-8-17)11-3-2-4-12(18)9-11/h2-6,9-10H,7-8H2,1H3,(H,20,21). The van der Waals surface area contributed by atoms with Gasteiger partial charge in [-0.2, -0.15) is 0 Å². The van der Waals surface area contributed by atoms with Crippen LogP contribution in [0.3, 0.4) is 0 Å². The van der Waals surface area contributed by atoms with Gasteiger partial charge < -0.3 is 5.32 Å². The molecule has 7 heteroatoms. The van der Waals surface area contributed by atoms with E-state index in [-0.39, 0.29) is 16.5 Å². The van der Waals surface area contributed by atoms with Crippen LogP contribution < -0.4 is 5.32 Å². The monoisotopic (exact) mass is 411 g/mol. The predicted octanol–water partition coefficient (Wildman–Crippen LogP) is 3.66. The molecule has 1 N–H and O–H groups in total. The smallest absolute Gasteiger partial charge is 0.235 e. The van der Waals surface area contributed by atoms with Crippen LogP contribution in [0.2, 0.25) is 0 Å². The van der Waals surface area contributed by atoms with Gasteiger partial charge in [0.05, 0.1) is 16.0 Å². The van der Waals surface area contributed by atoms with E-state index < -0.39 is 21.1 Å². The highest BCUT2D eigenvalue weighted by Gasteiger charge is 2.51. The molecule has 1 saturated carbocycles. The second-order valence-electron chi connectivity index (χ2n) is 5.96. The Hall–Kier alpha value is -1.73. The molecule has 2 aromatic rings. The molecule has 1 aliphatic rings. The third kappa shape index (κ3) is 3.23. The number of amides is 1. The molecule has 126 valence electrons. The number of anilines is 1. The highest BCUT2D eigenvalue weighted by Crippen LogP contribution is 2.49. The molecule has 0 atom stereocenters. The quantitative estimate of drug-likeness (QED) is 0.780. The summed E-state index contributed by atoms with van der Waals surface area (Å²) in [5.41, 5.74) is 0.0513. The van der Waals surface area contributed by atoms with E-state index in [1.807, 2.05) is 24.3 Å². The van der Waals surface area contributed by atoms with Crippen LogP contribution in [0.25, 0.3) is 0 Å². The SMILES string of the molecule is CS(=O)(=O)c1ccc(F)c(NC(=O)C2(c3cccc(Br)c3)CC2)c1. The maximum atomic E-state index is 14.0. The van der Waals surface area contributed by atoms with Gasteiger partial charge in [-0.3, -0.25) is 4.79 Å². The summed E-state index contributed by atoms with van der Waals surface area (Å²) in [6.07, 6.45) is 2.38. The topological polar surface area (TPSA) is 63.2 Å². The van der Waals surface area contributed by atoms with Gasteiger partial charge in [0.2, 0.25) is 5.91 Å². The number of hydrogen-bond donors (Lipinski definition) is 1. The lowest BCUT2D eigenvalue weighted by Crippen LogP contribution is -2.28. The summed E-state index contributed by atoms with van der Waals surface area (Å²) < 4.78 is 38.1. The van der Waals surface area contributed by atoms with Crippen molar-refractivity contribution in [1.29, 1.82) is 0 Å². The predicted molar refractivity (Wildman–Crippen MR) is 93.2 cm³/mol. The number of carbonyl (C=O) groups is 1. The summed E-state index contributed by atoms with van der Waals surface area (Å²) in [6.45, 7) is 0. The third-order valence-electron chi connectivity index (χ3n) is 4.18. The third-order valence-corrected chi connectivity index (χ3v) is 5.78. The summed E-state index contributed by atoms with van der Waals surface area (Å²) in [7, 11) is -3.48. The Kier molecular flexibility index (Phi) is 4.25. The summed E-state index contributed by atoms with van der Waals surface area (Å²) in [5.74, 6) is -0.994. The molecule has 0 saturated heterocycles. The molecular formula is C17H15BrFNO3S. The minimum Gasteiger partial charge on any atom is -0.323 e. The molecule has 0 unspecified atom stereocenters. The van der Waals surface area contributed by atoms with E-state index in [1.54, 1.807) is 0 Å². The van der Waals surface area contributed by atoms with E-state index >= 15 is 0 Å². The number of rotatable bonds is 4. The normalized spacial score (nSPS) is 15.8. The Bertz CT molecular complexity index is 923. The first-order chi connectivity index (χ1) is 11.2. The molecule has 2 aromatic carbocycles. The summed E-state index contributed by atoms with van der Waals surface area (Å²) in [4.78, 5) is 12.6. The Labute approximate surface area is 148 Å². The average molecular weight is 412 g/mol. The van der Waals surface area contributed by atoms with Crippen molar-refractivity contribution in [3.63, 3.8) is 0 Å². The number of carbonyl (C=O) groups excluding carboxylic acids is 1. The van der Waals surface area contributed by atoms with Gasteiger partial charge >= 0.3 is 0 Å². The van der Waals surface area contributed by atoms with E-state index in [2.05, 4.69) is 21.2 Å². The first-order valence-electron chi connectivity index (χ1n) is 7.29. The maximum absolute atomic E-state index is 14.0. The molecule has 3 rings (SSSR count). The molecule has 0 radical (unpaired) electrons. The Balaban J connectivity index is 1.91. The second kappa shape index (κ2) is 5.97. The van der Waals surface area contributed by atoms with Crippen LogP contribution in [0.4, 0.5) is 10.1 Å². The zero-order valence-corrected chi connectivity index (χ0v) is 15.2. The Morgan fingerprint density at radius 2 is 1.92 bits per heavy atom. The molecule has 0 aromatic heterocycles. The minimum atomic E-state index is -3.48. The fourth-order valence-corrected chi connectivity index (χ4v) is 3.68. The number of hydrogen-bond acceptors (Lipinski definition) is 3. The molecule has 0 spiro atoms. The van der Waals surface area contributed by atoms with Crippen molar-refractivity contribution in [2.75, 3.05) is 11.6 Å². The maximum Gasteiger partial charge on any atom is 0.235 e. The molecule has 1 amide bonds. The highest BCUT2D eigenvalue weighted by atomic mass is 79.9. The van der Waals surface area contributed by atoms with Crippen LogP contribution in [0.1, 0.15) is 18.4 Å². The van der Waals surface area contributed by atoms with Crippen LogP contribution in [-0.4, -0.2) is 20.6 Å². The van der Waals surface area contributed by atoms with E-state index in [0.29, 0.717) is 12.8 Å². The van der Waals surface area contributed by atoms with Crippen LogP contribution in [0, 0.1) is 5.82 Å². The first-order valence-corrected chi connectivity index (χ1v) is 9.98. The lowest BCUT2D eigenvalue weighted by molar-refractivity contribution is -0.118. The van der Waals surface area contributed by atoms with E-state index in [4.69, 9.17) is 0 Å². The Morgan fingerprint density at radius 3 is 2.50 bits per heavy atom. The van der Waals surface area contributed by atoms with Crippen LogP contribution in [-0.2, 0) is 20.0 Å². The van der Waals surface area contributed by atoms with Crippen molar-refractivity contribution in [1.82, 2.24) is 0 Å². The fraction of sp³-hybridized carbons (Fsp3) is 0.235. The molecule has 1 fully saturated rings. The van der Waals surface area contributed by atoms with Gasteiger partial charge in [-0.25, -0.2) is 12.8 Å². The van der Waals surface area contributed by atoms with Gasteiger partial charge in [-0.1, -0.05) is 28.1 Å². The number of sulfone groups is 1. The summed E-state index contributed by atoms with van der Waals surface area (Å²) >= 11 is 3.38. The van der Waals surface area contributed by atoms with Gasteiger partial charge in [0.15, 0.2) is 9.84 Å². The zero-order valence-electron chi connectivity index (χ0n) is 12.8. The van der Waals surface area contributed by atoms with Gasteiger partial charge in [0, 0.05) is 10.7 Å². The van der Waals surface area contributed by atoms with Gasteiger partial charge in [-0.15, -0.1) is 0 Å². The molecular weight excluding hydrogens is 397 g/mol. The van der Waals surface area contributed by atoms with Gasteiger partial charge in [0.25, 0.3) is 0 Å². The number of halogens is 2. The number of benzene rings is 2. The summed E-state index contributed by atoms with van der Waals surface area (Å²) in [6, 6.07) is 10.8. The lowest BCUT2D eigenvalue weighted by atomic mass is 9.95. The fourth-order valence-electron chi connectivity index (χ4n) is 2.63. The van der Waals surface area contributed by atoms with Crippen molar-refractivity contribution in [3.8, 4) is 0 Å². The minimum absolute atomic E-state index is 0.0356. The summed E-state index contributed by atoms with van der Waals surface area (Å²) in [5, 5.41) is 2.55. The van der Waals surface area contributed by atoms with Crippen molar-refractivity contribution in [2.45, 2.75) is 23.2 Å². The van der Waals surface area contributed by atoms with Gasteiger partial charge in [-0.05, 0) is 48.7 Å². The van der Waals surface area contributed by atoms with Gasteiger partial charge in [0.1, 0.15) is 5.82 Å². The van der Waals surface area contributed by atoms with Crippen molar-refractivity contribution in [2.24, 2.45) is 0 Å². The largest absolute Gasteiger partial charge is 0.323 e. The first kappa shape index (κ1) is 17.1. The lowest BCUT2D eigenvalue weighted by Gasteiger charge is -2.17. The number of nitrogens with one attached hydrogen (secondary N) is 1. The van der Waals surface area contributed by atoms with Crippen LogP contribution >= 0.6 is 15.9 Å². The van der Waals surface area contributed by atoms with Crippen molar-refractivity contribution in [3.05, 3.63) is 58.3 Å². The molecule has 0 aliphatic heterocycles. The molecule has 24 heavy (non-hydrogen) atoms. The van der Waals surface area contributed by atoms with Crippen molar-refractivity contribution >= 4 is 37.4 Å². The van der Waals surface area contributed by atoms with Crippen molar-refractivity contribution < 1.29 is 17.6 Å². The Morgan fingerprint density at radius 1 is 1.21 bits per heavy atom.